The Bertz CT molecular complexity index is 782. The van der Waals surface area contributed by atoms with Crippen LogP contribution in [-0.2, 0) is 0 Å². The molecule has 0 saturated heterocycles. The van der Waals surface area contributed by atoms with E-state index in [0.717, 1.165) is 4.47 Å². The van der Waals surface area contributed by atoms with Gasteiger partial charge in [-0.25, -0.2) is 0 Å². The SMILES string of the molecule is CC(=O)c1c(C)[nH]c(C(=O)[C@H](C)Oc2ccc(Br)cc2Cl)c1C. The molecule has 122 valence electrons. The van der Waals surface area contributed by atoms with Crippen molar-refractivity contribution in [3.8, 4) is 5.75 Å². The van der Waals surface area contributed by atoms with Gasteiger partial charge >= 0.3 is 0 Å². The highest BCUT2D eigenvalue weighted by molar-refractivity contribution is 9.10. The molecule has 2 aromatic rings. The molecule has 0 saturated carbocycles. The van der Waals surface area contributed by atoms with E-state index < -0.39 is 6.10 Å². The Balaban J connectivity index is 2.27. The summed E-state index contributed by atoms with van der Waals surface area (Å²) in [6, 6.07) is 5.19. The summed E-state index contributed by atoms with van der Waals surface area (Å²) in [6.45, 7) is 6.67. The average molecular weight is 399 g/mol. The van der Waals surface area contributed by atoms with Crippen LogP contribution in [0.25, 0.3) is 0 Å². The summed E-state index contributed by atoms with van der Waals surface area (Å²) in [4.78, 5) is 27.3. The van der Waals surface area contributed by atoms with Gasteiger partial charge in [-0.1, -0.05) is 27.5 Å². The van der Waals surface area contributed by atoms with Gasteiger partial charge in [0.2, 0.25) is 5.78 Å². The second kappa shape index (κ2) is 6.89. The molecule has 0 unspecified atom stereocenters. The van der Waals surface area contributed by atoms with E-state index in [-0.39, 0.29) is 11.6 Å². The van der Waals surface area contributed by atoms with E-state index in [1.807, 2.05) is 0 Å². The first-order valence-electron chi connectivity index (χ1n) is 7.08. The van der Waals surface area contributed by atoms with E-state index >= 15 is 0 Å². The molecule has 23 heavy (non-hydrogen) atoms. The van der Waals surface area contributed by atoms with Crippen LogP contribution in [0.3, 0.4) is 0 Å². The molecular weight excluding hydrogens is 382 g/mol. The summed E-state index contributed by atoms with van der Waals surface area (Å²) in [5.74, 6) is 0.139. The minimum absolute atomic E-state index is 0.0696. The fraction of sp³-hybridized carbons (Fsp3) is 0.294. The largest absolute Gasteiger partial charge is 0.481 e. The zero-order valence-electron chi connectivity index (χ0n) is 13.3. The lowest BCUT2D eigenvalue weighted by molar-refractivity contribution is 0.0813. The summed E-state index contributed by atoms with van der Waals surface area (Å²) in [5, 5.41) is 0.419. The summed E-state index contributed by atoms with van der Waals surface area (Å²) in [7, 11) is 0. The van der Waals surface area contributed by atoms with Gasteiger partial charge in [0.15, 0.2) is 11.9 Å². The van der Waals surface area contributed by atoms with Crippen LogP contribution in [0.2, 0.25) is 5.02 Å². The van der Waals surface area contributed by atoms with E-state index in [0.29, 0.717) is 33.3 Å². The van der Waals surface area contributed by atoms with Crippen molar-refractivity contribution in [2.24, 2.45) is 0 Å². The van der Waals surface area contributed by atoms with Crippen LogP contribution in [-0.4, -0.2) is 22.7 Å². The third kappa shape index (κ3) is 3.67. The standard InChI is InChI=1S/C17H17BrClNO3/c1-8-15(10(3)21)9(2)20-16(8)17(22)11(4)23-14-6-5-12(18)7-13(14)19/h5-7,11,20H,1-4H3/t11-/m0/s1. The predicted octanol–water partition coefficient (Wildman–Crippen LogP) is 4.90. The van der Waals surface area contributed by atoms with Crippen LogP contribution >= 0.6 is 27.5 Å². The average Bonchev–Trinajstić information content (AvgIpc) is 2.76. The maximum absolute atomic E-state index is 12.6. The van der Waals surface area contributed by atoms with Crippen molar-refractivity contribution in [2.75, 3.05) is 0 Å². The fourth-order valence-electron chi connectivity index (χ4n) is 2.54. The van der Waals surface area contributed by atoms with Gasteiger partial charge in [-0.2, -0.15) is 0 Å². The van der Waals surface area contributed by atoms with E-state index in [1.165, 1.54) is 6.92 Å². The molecule has 0 fully saturated rings. The van der Waals surface area contributed by atoms with Gasteiger partial charge in [-0.3, -0.25) is 9.59 Å². The van der Waals surface area contributed by atoms with Gasteiger partial charge in [0.25, 0.3) is 0 Å². The van der Waals surface area contributed by atoms with Crippen molar-refractivity contribution in [3.63, 3.8) is 0 Å². The molecule has 1 atom stereocenters. The molecule has 0 bridgehead atoms. The number of H-pyrrole nitrogens is 1. The molecule has 0 aliphatic rings. The lowest BCUT2D eigenvalue weighted by atomic mass is 10.0. The van der Waals surface area contributed by atoms with Crippen LogP contribution in [0.15, 0.2) is 22.7 Å². The third-order valence-electron chi connectivity index (χ3n) is 3.60. The molecule has 1 aromatic carbocycles. The number of aromatic amines is 1. The Labute approximate surface area is 148 Å². The van der Waals surface area contributed by atoms with Crippen molar-refractivity contribution in [3.05, 3.63) is 50.2 Å². The zero-order valence-corrected chi connectivity index (χ0v) is 15.6. The van der Waals surface area contributed by atoms with Crippen molar-refractivity contribution in [2.45, 2.75) is 33.8 Å². The fourth-order valence-corrected chi connectivity index (χ4v) is 3.26. The van der Waals surface area contributed by atoms with Crippen LogP contribution in [0.4, 0.5) is 0 Å². The van der Waals surface area contributed by atoms with E-state index in [2.05, 4.69) is 20.9 Å². The normalized spacial score (nSPS) is 12.1. The molecule has 1 N–H and O–H groups in total. The predicted molar refractivity (Wildman–Crippen MR) is 93.8 cm³/mol. The quantitative estimate of drug-likeness (QED) is 0.729. The number of ether oxygens (including phenoxy) is 1. The lowest BCUT2D eigenvalue weighted by Gasteiger charge is -2.15. The number of aryl methyl sites for hydroxylation is 1. The van der Waals surface area contributed by atoms with Gasteiger partial charge < -0.3 is 9.72 Å². The van der Waals surface area contributed by atoms with Gasteiger partial charge in [0.1, 0.15) is 5.75 Å². The van der Waals surface area contributed by atoms with E-state index in [1.54, 1.807) is 39.0 Å². The van der Waals surface area contributed by atoms with Gasteiger partial charge in [-0.15, -0.1) is 0 Å². The van der Waals surface area contributed by atoms with Crippen molar-refractivity contribution in [1.29, 1.82) is 0 Å². The summed E-state index contributed by atoms with van der Waals surface area (Å²) in [5.41, 5.74) is 2.29. The van der Waals surface area contributed by atoms with Crippen molar-refractivity contribution < 1.29 is 14.3 Å². The molecular formula is C17H17BrClNO3. The summed E-state index contributed by atoms with van der Waals surface area (Å²) in [6.07, 6.45) is -0.731. The summed E-state index contributed by atoms with van der Waals surface area (Å²) >= 11 is 9.43. The second-order valence-corrected chi connectivity index (χ2v) is 6.70. The molecule has 6 heteroatoms. The topological polar surface area (TPSA) is 59.2 Å². The number of halogens is 2. The van der Waals surface area contributed by atoms with Crippen molar-refractivity contribution >= 4 is 39.1 Å². The number of rotatable bonds is 5. The number of hydrogen-bond donors (Lipinski definition) is 1. The zero-order chi connectivity index (χ0) is 17.3. The molecule has 1 aromatic heterocycles. The first-order chi connectivity index (χ1) is 10.7. The lowest BCUT2D eigenvalue weighted by Crippen LogP contribution is -2.25. The van der Waals surface area contributed by atoms with Gasteiger partial charge in [-0.05, 0) is 51.5 Å². The van der Waals surface area contributed by atoms with E-state index in [9.17, 15) is 9.59 Å². The molecule has 2 rings (SSSR count). The highest BCUT2D eigenvalue weighted by atomic mass is 79.9. The number of benzene rings is 1. The van der Waals surface area contributed by atoms with Crippen molar-refractivity contribution in [1.82, 2.24) is 4.98 Å². The number of Topliss-reactive ketones (excluding diaryl/α,β-unsaturated/α-hetero) is 2. The Morgan fingerprint density at radius 2 is 1.96 bits per heavy atom. The molecule has 0 radical (unpaired) electrons. The molecule has 0 aliphatic heterocycles. The number of carbonyl (C=O) groups excluding carboxylic acids is 2. The van der Waals surface area contributed by atoms with Crippen LogP contribution in [0.1, 0.15) is 46.0 Å². The molecule has 0 aliphatic carbocycles. The van der Waals surface area contributed by atoms with Gasteiger partial charge in [0, 0.05) is 15.7 Å². The van der Waals surface area contributed by atoms with Gasteiger partial charge in [0.05, 0.1) is 10.7 Å². The maximum Gasteiger partial charge on any atom is 0.219 e. The van der Waals surface area contributed by atoms with Crippen LogP contribution in [0, 0.1) is 13.8 Å². The second-order valence-electron chi connectivity index (χ2n) is 5.38. The minimum atomic E-state index is -0.731. The number of hydrogen-bond acceptors (Lipinski definition) is 3. The number of ketones is 2. The first-order valence-corrected chi connectivity index (χ1v) is 8.25. The Morgan fingerprint density at radius 1 is 1.30 bits per heavy atom. The number of carbonyl (C=O) groups is 2. The van der Waals surface area contributed by atoms with Crippen LogP contribution in [0.5, 0.6) is 5.75 Å². The third-order valence-corrected chi connectivity index (χ3v) is 4.39. The maximum atomic E-state index is 12.6. The molecule has 0 amide bonds. The number of aromatic nitrogens is 1. The molecule has 1 heterocycles. The van der Waals surface area contributed by atoms with E-state index in [4.69, 9.17) is 16.3 Å². The molecule has 0 spiro atoms. The minimum Gasteiger partial charge on any atom is -0.481 e. The number of nitrogens with one attached hydrogen (secondary N) is 1. The van der Waals surface area contributed by atoms with Crippen LogP contribution < -0.4 is 4.74 Å². The smallest absolute Gasteiger partial charge is 0.219 e. The Kier molecular flexibility index (Phi) is 5.32. The highest BCUT2D eigenvalue weighted by Crippen LogP contribution is 2.29. The Morgan fingerprint density at radius 3 is 2.48 bits per heavy atom. The monoisotopic (exact) mass is 397 g/mol. The molecule has 4 nitrogen and oxygen atoms in total. The summed E-state index contributed by atoms with van der Waals surface area (Å²) < 4.78 is 6.50. The first kappa shape index (κ1) is 17.8. The highest BCUT2D eigenvalue weighted by Gasteiger charge is 2.25. The Hall–Kier alpha value is -1.59.